The van der Waals surface area contributed by atoms with Crippen LogP contribution in [0.15, 0.2) is 42.5 Å². The lowest BCUT2D eigenvalue weighted by molar-refractivity contribution is -0.119. The smallest absolute Gasteiger partial charge is 0.252 e. The van der Waals surface area contributed by atoms with Crippen molar-refractivity contribution in [3.05, 3.63) is 48.0 Å². The lowest BCUT2D eigenvalue weighted by Crippen LogP contribution is -2.44. The maximum Gasteiger partial charge on any atom is 0.252 e. The van der Waals surface area contributed by atoms with Crippen molar-refractivity contribution in [2.24, 2.45) is 5.73 Å². The quantitative estimate of drug-likeness (QED) is 0.873. The lowest BCUT2D eigenvalue weighted by Gasteiger charge is -2.15. The molecule has 0 spiro atoms. The van der Waals surface area contributed by atoms with Crippen LogP contribution in [0, 0.1) is 11.3 Å². The molecule has 2 amide bonds. The molecule has 0 bridgehead atoms. The molecule has 0 aliphatic carbocycles. The molecule has 3 N–H and O–H groups in total. The number of carbonyl (C=O) groups is 2. The van der Waals surface area contributed by atoms with Gasteiger partial charge in [0.25, 0.3) is 5.91 Å². The van der Waals surface area contributed by atoms with Crippen molar-refractivity contribution in [2.45, 2.75) is 18.9 Å². The second-order valence-electron chi connectivity index (χ2n) is 4.65. The van der Waals surface area contributed by atoms with Crippen LogP contribution in [0.5, 0.6) is 0 Å². The van der Waals surface area contributed by atoms with Gasteiger partial charge in [0.15, 0.2) is 0 Å². The van der Waals surface area contributed by atoms with Crippen LogP contribution in [-0.2, 0) is 4.79 Å². The van der Waals surface area contributed by atoms with Crippen molar-refractivity contribution in [3.63, 3.8) is 0 Å². The molecule has 0 radical (unpaired) electrons. The summed E-state index contributed by atoms with van der Waals surface area (Å²) in [6, 6.07) is 14.0. The van der Waals surface area contributed by atoms with E-state index in [4.69, 9.17) is 11.0 Å². The van der Waals surface area contributed by atoms with E-state index in [9.17, 15) is 9.59 Å². The molecular formula is C16H15N3O2. The Kier molecular flexibility index (Phi) is 4.52. The minimum atomic E-state index is -0.837. The van der Waals surface area contributed by atoms with E-state index in [0.717, 1.165) is 10.8 Å². The zero-order valence-corrected chi connectivity index (χ0v) is 11.4. The number of amides is 2. The monoisotopic (exact) mass is 281 g/mol. The van der Waals surface area contributed by atoms with Gasteiger partial charge in [-0.05, 0) is 23.3 Å². The Morgan fingerprint density at radius 2 is 1.90 bits per heavy atom. The van der Waals surface area contributed by atoms with Crippen LogP contribution in [0.4, 0.5) is 0 Å². The molecule has 0 saturated carbocycles. The van der Waals surface area contributed by atoms with Crippen LogP contribution in [0.1, 0.15) is 23.2 Å². The molecule has 0 aliphatic heterocycles. The largest absolute Gasteiger partial charge is 0.368 e. The number of hydrogen-bond acceptors (Lipinski definition) is 3. The van der Waals surface area contributed by atoms with Gasteiger partial charge in [0, 0.05) is 12.0 Å². The highest BCUT2D eigenvalue weighted by atomic mass is 16.2. The number of primary amides is 1. The zero-order chi connectivity index (χ0) is 15.2. The Balaban J connectivity index is 2.26. The maximum atomic E-state index is 12.3. The van der Waals surface area contributed by atoms with Crippen molar-refractivity contribution >= 4 is 22.6 Å². The molecule has 0 aliphatic rings. The summed E-state index contributed by atoms with van der Waals surface area (Å²) in [6.45, 7) is 0. The summed E-state index contributed by atoms with van der Waals surface area (Å²) >= 11 is 0. The van der Waals surface area contributed by atoms with Crippen LogP contribution in [0.3, 0.4) is 0 Å². The van der Waals surface area contributed by atoms with E-state index in [1.807, 2.05) is 36.4 Å². The molecule has 2 aromatic carbocycles. The molecule has 2 aromatic rings. The summed E-state index contributed by atoms with van der Waals surface area (Å²) in [5, 5.41) is 12.9. The molecule has 2 rings (SSSR count). The first-order chi connectivity index (χ1) is 10.1. The van der Waals surface area contributed by atoms with Gasteiger partial charge in [-0.1, -0.05) is 36.4 Å². The molecule has 0 heterocycles. The van der Waals surface area contributed by atoms with Crippen LogP contribution >= 0.6 is 0 Å². The number of nitrogens with one attached hydrogen (secondary N) is 1. The van der Waals surface area contributed by atoms with E-state index in [2.05, 4.69) is 5.32 Å². The minimum Gasteiger partial charge on any atom is -0.368 e. The fourth-order valence-corrected chi connectivity index (χ4v) is 2.15. The van der Waals surface area contributed by atoms with Gasteiger partial charge in [0.2, 0.25) is 5.91 Å². The molecule has 5 nitrogen and oxygen atoms in total. The number of rotatable bonds is 5. The highest BCUT2D eigenvalue weighted by Gasteiger charge is 2.19. The predicted octanol–water partition coefficient (Wildman–Crippen LogP) is 1.73. The second-order valence-corrected chi connectivity index (χ2v) is 4.65. The van der Waals surface area contributed by atoms with Crippen molar-refractivity contribution in [2.75, 3.05) is 0 Å². The third-order valence-corrected chi connectivity index (χ3v) is 3.23. The number of hydrogen-bond donors (Lipinski definition) is 2. The molecule has 0 aromatic heterocycles. The van der Waals surface area contributed by atoms with E-state index >= 15 is 0 Å². The number of carbonyl (C=O) groups excluding carboxylic acids is 2. The van der Waals surface area contributed by atoms with Crippen molar-refractivity contribution in [1.82, 2.24) is 5.32 Å². The Hall–Kier alpha value is -2.87. The summed E-state index contributed by atoms with van der Waals surface area (Å²) in [7, 11) is 0. The van der Waals surface area contributed by atoms with Gasteiger partial charge in [-0.25, -0.2) is 0 Å². The van der Waals surface area contributed by atoms with Gasteiger partial charge < -0.3 is 11.1 Å². The highest BCUT2D eigenvalue weighted by Crippen LogP contribution is 2.18. The second kappa shape index (κ2) is 6.53. The standard InChI is InChI=1S/C16H15N3O2/c17-10-4-9-14(15(18)20)19-16(21)13-8-3-6-11-5-1-2-7-12(11)13/h1-3,5-8,14H,4,9H2,(H2,18,20)(H,19,21)/t14-/m0/s1. The van der Waals surface area contributed by atoms with E-state index < -0.39 is 11.9 Å². The first-order valence-corrected chi connectivity index (χ1v) is 6.58. The summed E-state index contributed by atoms with van der Waals surface area (Å²) in [5.74, 6) is -1.01. The molecule has 1 atom stereocenters. The molecular weight excluding hydrogens is 266 g/mol. The Morgan fingerprint density at radius 3 is 2.62 bits per heavy atom. The van der Waals surface area contributed by atoms with Gasteiger partial charge in [-0.15, -0.1) is 0 Å². The topological polar surface area (TPSA) is 96.0 Å². The van der Waals surface area contributed by atoms with Crippen LogP contribution in [0.25, 0.3) is 10.8 Å². The third-order valence-electron chi connectivity index (χ3n) is 3.23. The SMILES string of the molecule is N#CCC[C@H](NC(=O)c1cccc2ccccc12)C(N)=O. The number of nitriles is 1. The zero-order valence-electron chi connectivity index (χ0n) is 11.4. The van der Waals surface area contributed by atoms with Crippen molar-refractivity contribution in [1.29, 1.82) is 5.26 Å². The summed E-state index contributed by atoms with van der Waals surface area (Å²) in [6.07, 6.45) is 0.367. The van der Waals surface area contributed by atoms with Gasteiger partial charge in [0.1, 0.15) is 6.04 Å². The molecule has 0 saturated heterocycles. The molecule has 0 unspecified atom stereocenters. The molecule has 106 valence electrons. The predicted molar refractivity (Wildman–Crippen MR) is 79.2 cm³/mol. The van der Waals surface area contributed by atoms with E-state index in [0.29, 0.717) is 5.56 Å². The van der Waals surface area contributed by atoms with Crippen molar-refractivity contribution in [3.8, 4) is 6.07 Å². The summed E-state index contributed by atoms with van der Waals surface area (Å²) in [5.41, 5.74) is 5.74. The molecule has 21 heavy (non-hydrogen) atoms. The first-order valence-electron chi connectivity index (χ1n) is 6.58. The molecule has 5 heteroatoms. The highest BCUT2D eigenvalue weighted by molar-refractivity contribution is 6.08. The van der Waals surface area contributed by atoms with E-state index in [1.54, 1.807) is 12.1 Å². The minimum absolute atomic E-state index is 0.156. The average molecular weight is 281 g/mol. The number of benzene rings is 2. The number of nitrogens with zero attached hydrogens (tertiary/aromatic N) is 1. The fourth-order valence-electron chi connectivity index (χ4n) is 2.15. The Bertz CT molecular complexity index is 714. The van der Waals surface area contributed by atoms with Gasteiger partial charge in [0.05, 0.1) is 6.07 Å². The third kappa shape index (κ3) is 3.37. The average Bonchev–Trinajstić information content (AvgIpc) is 2.50. The summed E-state index contributed by atoms with van der Waals surface area (Å²) < 4.78 is 0. The lowest BCUT2D eigenvalue weighted by atomic mass is 10.0. The van der Waals surface area contributed by atoms with Crippen LogP contribution in [-0.4, -0.2) is 17.9 Å². The van der Waals surface area contributed by atoms with Gasteiger partial charge in [-0.2, -0.15) is 5.26 Å². The van der Waals surface area contributed by atoms with E-state index in [-0.39, 0.29) is 18.7 Å². The summed E-state index contributed by atoms with van der Waals surface area (Å²) in [4.78, 5) is 23.7. The maximum absolute atomic E-state index is 12.3. The normalized spacial score (nSPS) is 11.6. The van der Waals surface area contributed by atoms with Gasteiger partial charge >= 0.3 is 0 Å². The van der Waals surface area contributed by atoms with Crippen LogP contribution < -0.4 is 11.1 Å². The first kappa shape index (κ1) is 14.5. The Labute approximate surface area is 122 Å². The van der Waals surface area contributed by atoms with Crippen LogP contribution in [0.2, 0.25) is 0 Å². The fraction of sp³-hybridized carbons (Fsp3) is 0.188. The van der Waals surface area contributed by atoms with E-state index in [1.165, 1.54) is 0 Å². The van der Waals surface area contributed by atoms with Crippen molar-refractivity contribution < 1.29 is 9.59 Å². The molecule has 0 fully saturated rings. The van der Waals surface area contributed by atoms with Gasteiger partial charge in [-0.3, -0.25) is 9.59 Å². The Morgan fingerprint density at radius 1 is 1.19 bits per heavy atom. The number of fused-ring (bicyclic) bond motifs is 1. The number of nitrogens with two attached hydrogens (primary N) is 1.